The maximum atomic E-state index is 12.1. The van der Waals surface area contributed by atoms with Gasteiger partial charge in [-0.2, -0.15) is 0 Å². The Morgan fingerprint density at radius 1 is 1.33 bits per heavy atom. The molecule has 0 aliphatic carbocycles. The topological polar surface area (TPSA) is 57.6 Å². The van der Waals surface area contributed by atoms with Crippen LogP contribution >= 0.6 is 11.3 Å². The zero-order chi connectivity index (χ0) is 13.0. The van der Waals surface area contributed by atoms with E-state index in [4.69, 9.17) is 5.11 Å². The summed E-state index contributed by atoms with van der Waals surface area (Å²) in [6.45, 7) is 1.64. The number of rotatable bonds is 5. The van der Waals surface area contributed by atoms with E-state index in [9.17, 15) is 9.59 Å². The number of likely N-dealkylation sites (tertiary alicyclic amines) is 1. The van der Waals surface area contributed by atoms with Gasteiger partial charge in [-0.25, -0.2) is 0 Å². The number of aliphatic carboxylic acids is 1. The molecule has 1 aliphatic rings. The lowest BCUT2D eigenvalue weighted by Crippen LogP contribution is -2.29. The molecule has 1 aliphatic heterocycles. The van der Waals surface area contributed by atoms with Crippen molar-refractivity contribution >= 4 is 23.2 Å². The lowest BCUT2D eigenvalue weighted by Gasteiger charge is -2.19. The fourth-order valence-corrected chi connectivity index (χ4v) is 3.14. The molecule has 0 aromatic carbocycles. The van der Waals surface area contributed by atoms with Gasteiger partial charge in [0.2, 0.25) is 5.91 Å². The summed E-state index contributed by atoms with van der Waals surface area (Å²) in [4.78, 5) is 25.8. The number of carbonyl (C=O) groups is 2. The van der Waals surface area contributed by atoms with E-state index in [2.05, 4.69) is 0 Å². The highest BCUT2D eigenvalue weighted by molar-refractivity contribution is 7.10. The van der Waals surface area contributed by atoms with E-state index in [1.165, 1.54) is 11.3 Å². The van der Waals surface area contributed by atoms with Crippen LogP contribution in [0.15, 0.2) is 17.5 Å². The number of nitrogens with zero attached hydrogens (tertiary/aromatic N) is 1. The fourth-order valence-electron chi connectivity index (χ4n) is 2.31. The molecule has 1 aromatic heterocycles. The van der Waals surface area contributed by atoms with Gasteiger partial charge in [0.25, 0.3) is 0 Å². The Bertz CT molecular complexity index is 410. The van der Waals surface area contributed by atoms with E-state index in [0.29, 0.717) is 6.42 Å². The molecule has 1 saturated heterocycles. The molecule has 0 saturated carbocycles. The summed E-state index contributed by atoms with van der Waals surface area (Å²) in [5.74, 6) is -0.939. The van der Waals surface area contributed by atoms with Crippen LogP contribution in [-0.2, 0) is 9.59 Å². The number of hydrogen-bond acceptors (Lipinski definition) is 3. The van der Waals surface area contributed by atoms with E-state index >= 15 is 0 Å². The second kappa shape index (κ2) is 6.00. The monoisotopic (exact) mass is 267 g/mol. The minimum atomic E-state index is -0.845. The molecule has 1 N–H and O–H groups in total. The second-order valence-corrected chi connectivity index (χ2v) is 5.58. The van der Waals surface area contributed by atoms with E-state index in [1.807, 2.05) is 22.4 Å². The molecule has 1 aromatic rings. The SMILES string of the molecule is O=C(O)CC(CC(=O)N1CCCC1)c1cccs1. The van der Waals surface area contributed by atoms with Crippen molar-refractivity contribution in [1.82, 2.24) is 4.90 Å². The maximum absolute atomic E-state index is 12.1. The van der Waals surface area contributed by atoms with Crippen molar-refractivity contribution in [2.45, 2.75) is 31.6 Å². The van der Waals surface area contributed by atoms with Crippen molar-refractivity contribution in [1.29, 1.82) is 0 Å². The Balaban J connectivity index is 2.00. The molecule has 0 bridgehead atoms. The molecular formula is C13H17NO3S. The minimum Gasteiger partial charge on any atom is -0.481 e. The van der Waals surface area contributed by atoms with Crippen molar-refractivity contribution in [2.75, 3.05) is 13.1 Å². The third kappa shape index (κ3) is 3.32. The number of carboxylic acids is 1. The predicted molar refractivity (Wildman–Crippen MR) is 69.7 cm³/mol. The van der Waals surface area contributed by atoms with Gasteiger partial charge in [0.05, 0.1) is 6.42 Å². The summed E-state index contributed by atoms with van der Waals surface area (Å²) >= 11 is 1.52. The number of carboxylic acid groups (broad SMARTS) is 1. The summed E-state index contributed by atoms with van der Waals surface area (Å²) in [6, 6.07) is 3.81. The first-order valence-electron chi connectivity index (χ1n) is 6.20. The average molecular weight is 267 g/mol. The van der Waals surface area contributed by atoms with Crippen molar-refractivity contribution in [3.05, 3.63) is 22.4 Å². The molecule has 1 atom stereocenters. The predicted octanol–water partition coefficient (Wildman–Crippen LogP) is 2.32. The Morgan fingerprint density at radius 3 is 2.61 bits per heavy atom. The number of carbonyl (C=O) groups excluding carboxylic acids is 1. The van der Waals surface area contributed by atoms with Crippen LogP contribution in [-0.4, -0.2) is 35.0 Å². The molecule has 18 heavy (non-hydrogen) atoms. The van der Waals surface area contributed by atoms with Gasteiger partial charge in [0.15, 0.2) is 0 Å². The number of thiophene rings is 1. The third-order valence-corrected chi connectivity index (χ3v) is 4.28. The van der Waals surface area contributed by atoms with Gasteiger partial charge in [-0.15, -0.1) is 11.3 Å². The molecule has 98 valence electrons. The van der Waals surface area contributed by atoms with Crippen molar-refractivity contribution in [2.24, 2.45) is 0 Å². The van der Waals surface area contributed by atoms with Crippen LogP contribution < -0.4 is 0 Å². The van der Waals surface area contributed by atoms with Crippen molar-refractivity contribution in [3.63, 3.8) is 0 Å². The number of amides is 1. The Morgan fingerprint density at radius 2 is 2.06 bits per heavy atom. The molecule has 0 radical (unpaired) electrons. The van der Waals surface area contributed by atoms with Crippen LogP contribution in [0.25, 0.3) is 0 Å². The molecule has 1 fully saturated rings. The highest BCUT2D eigenvalue weighted by atomic mass is 32.1. The van der Waals surface area contributed by atoms with Crippen LogP contribution in [0.5, 0.6) is 0 Å². The van der Waals surface area contributed by atoms with Gasteiger partial charge in [0.1, 0.15) is 0 Å². The zero-order valence-corrected chi connectivity index (χ0v) is 11.0. The summed E-state index contributed by atoms with van der Waals surface area (Å²) in [7, 11) is 0. The van der Waals surface area contributed by atoms with Gasteiger partial charge in [-0.05, 0) is 24.3 Å². The maximum Gasteiger partial charge on any atom is 0.304 e. The normalized spacial score (nSPS) is 16.8. The van der Waals surface area contributed by atoms with Crippen LogP contribution in [0, 0.1) is 0 Å². The van der Waals surface area contributed by atoms with Crippen LogP contribution in [0.3, 0.4) is 0 Å². The summed E-state index contributed by atoms with van der Waals surface area (Å²) in [5, 5.41) is 10.9. The van der Waals surface area contributed by atoms with Crippen LogP contribution in [0.2, 0.25) is 0 Å². The molecule has 1 amide bonds. The molecule has 4 nitrogen and oxygen atoms in total. The quantitative estimate of drug-likeness (QED) is 0.890. The molecular weight excluding hydrogens is 250 g/mol. The van der Waals surface area contributed by atoms with E-state index < -0.39 is 5.97 Å². The van der Waals surface area contributed by atoms with Gasteiger partial charge < -0.3 is 10.0 Å². The van der Waals surface area contributed by atoms with Crippen molar-refractivity contribution in [3.8, 4) is 0 Å². The fraction of sp³-hybridized carbons (Fsp3) is 0.538. The molecule has 2 rings (SSSR count). The van der Waals surface area contributed by atoms with E-state index in [-0.39, 0.29) is 18.2 Å². The first-order chi connectivity index (χ1) is 8.66. The first kappa shape index (κ1) is 13.1. The summed E-state index contributed by atoms with van der Waals surface area (Å²) < 4.78 is 0. The largest absolute Gasteiger partial charge is 0.481 e. The van der Waals surface area contributed by atoms with E-state index in [1.54, 1.807) is 0 Å². The molecule has 2 heterocycles. The lowest BCUT2D eigenvalue weighted by molar-refractivity contribution is -0.137. The lowest BCUT2D eigenvalue weighted by atomic mass is 9.99. The highest BCUT2D eigenvalue weighted by Crippen LogP contribution is 2.28. The second-order valence-electron chi connectivity index (χ2n) is 4.60. The molecule has 0 spiro atoms. The smallest absolute Gasteiger partial charge is 0.304 e. The highest BCUT2D eigenvalue weighted by Gasteiger charge is 2.24. The number of hydrogen-bond donors (Lipinski definition) is 1. The summed E-state index contributed by atoms with van der Waals surface area (Å²) in [6.07, 6.45) is 2.47. The third-order valence-electron chi connectivity index (χ3n) is 3.25. The minimum absolute atomic E-state index is 0.0279. The Kier molecular flexibility index (Phi) is 4.36. The van der Waals surface area contributed by atoms with Gasteiger partial charge in [-0.1, -0.05) is 6.07 Å². The molecule has 1 unspecified atom stereocenters. The van der Waals surface area contributed by atoms with Gasteiger partial charge >= 0.3 is 5.97 Å². The first-order valence-corrected chi connectivity index (χ1v) is 7.08. The van der Waals surface area contributed by atoms with Crippen LogP contribution in [0.1, 0.15) is 36.5 Å². The standard InChI is InChI=1S/C13H17NO3S/c15-12(14-5-1-2-6-14)8-10(9-13(16)17)11-4-3-7-18-11/h3-4,7,10H,1-2,5-6,8-9H2,(H,16,17). The Hall–Kier alpha value is -1.36. The average Bonchev–Trinajstić information content (AvgIpc) is 3.01. The zero-order valence-electron chi connectivity index (χ0n) is 10.2. The van der Waals surface area contributed by atoms with E-state index in [0.717, 1.165) is 30.8 Å². The molecule has 5 heteroatoms. The van der Waals surface area contributed by atoms with Crippen LogP contribution in [0.4, 0.5) is 0 Å². The van der Waals surface area contributed by atoms with Gasteiger partial charge in [-0.3, -0.25) is 9.59 Å². The summed E-state index contributed by atoms with van der Waals surface area (Å²) in [5.41, 5.74) is 0. The van der Waals surface area contributed by atoms with Gasteiger partial charge in [0, 0.05) is 30.3 Å². The Labute approximate surface area is 110 Å². The van der Waals surface area contributed by atoms with Crippen molar-refractivity contribution < 1.29 is 14.7 Å².